The van der Waals surface area contributed by atoms with Crippen LogP contribution in [0, 0.1) is 0 Å². The Labute approximate surface area is 134 Å². The largest absolute Gasteiger partial charge is 0.394 e. The molecule has 2 N–H and O–H groups in total. The van der Waals surface area contributed by atoms with Crippen LogP contribution in [0.2, 0.25) is 0 Å². The topological polar surface area (TPSA) is 35.5 Å². The monoisotopic (exact) mass is 348 g/mol. The smallest absolute Gasteiger partial charge is 0.0828 e. The first-order valence-corrected chi connectivity index (χ1v) is 7.66. The van der Waals surface area contributed by atoms with Gasteiger partial charge in [0.2, 0.25) is 0 Å². The molecule has 0 heterocycles. The Bertz CT molecular complexity index is 581. The van der Waals surface area contributed by atoms with Crippen molar-refractivity contribution in [3.63, 3.8) is 0 Å². The van der Waals surface area contributed by atoms with Crippen LogP contribution in [0.3, 0.4) is 0 Å². The van der Waals surface area contributed by atoms with Crippen molar-refractivity contribution >= 4 is 27.3 Å². The second-order valence-electron chi connectivity index (χ2n) is 5.56. The van der Waals surface area contributed by atoms with Crippen LogP contribution in [-0.2, 0) is 5.54 Å². The van der Waals surface area contributed by atoms with Crippen LogP contribution in [0.4, 0.5) is 11.4 Å². The number of halogens is 1. The normalized spacial score (nSPS) is 13.6. The molecule has 2 rings (SSSR count). The highest BCUT2D eigenvalue weighted by molar-refractivity contribution is 9.10. The molecule has 1 unspecified atom stereocenters. The van der Waals surface area contributed by atoms with Gasteiger partial charge >= 0.3 is 0 Å². The minimum absolute atomic E-state index is 0.0182. The van der Waals surface area contributed by atoms with Gasteiger partial charge in [-0.25, -0.2) is 0 Å². The van der Waals surface area contributed by atoms with Crippen molar-refractivity contribution in [2.24, 2.45) is 0 Å². The van der Waals surface area contributed by atoms with Crippen LogP contribution in [0.1, 0.15) is 12.5 Å². The van der Waals surface area contributed by atoms with E-state index in [9.17, 15) is 5.11 Å². The summed E-state index contributed by atoms with van der Waals surface area (Å²) in [4.78, 5) is 2.06. The number of hydrogen-bond donors (Lipinski definition) is 2. The molecule has 0 bridgehead atoms. The van der Waals surface area contributed by atoms with E-state index >= 15 is 0 Å². The zero-order valence-corrected chi connectivity index (χ0v) is 14.2. The molecule has 112 valence electrons. The number of aliphatic hydroxyl groups excluding tert-OH is 1. The van der Waals surface area contributed by atoms with Gasteiger partial charge in [-0.2, -0.15) is 0 Å². The van der Waals surface area contributed by atoms with Gasteiger partial charge in [-0.15, -0.1) is 0 Å². The van der Waals surface area contributed by atoms with E-state index in [1.165, 1.54) is 0 Å². The van der Waals surface area contributed by atoms with E-state index in [1.807, 2.05) is 45.3 Å². The summed E-state index contributed by atoms with van der Waals surface area (Å²) in [6, 6.07) is 16.2. The molecule has 0 saturated carbocycles. The summed E-state index contributed by atoms with van der Waals surface area (Å²) in [5, 5.41) is 13.3. The Morgan fingerprint density at radius 2 is 1.62 bits per heavy atom. The van der Waals surface area contributed by atoms with E-state index in [0.717, 1.165) is 21.4 Å². The summed E-state index contributed by atoms with van der Waals surface area (Å²) in [6.07, 6.45) is 0. The first-order chi connectivity index (χ1) is 9.94. The molecule has 0 amide bonds. The van der Waals surface area contributed by atoms with E-state index in [2.05, 4.69) is 50.4 Å². The first-order valence-electron chi connectivity index (χ1n) is 6.87. The van der Waals surface area contributed by atoms with Crippen LogP contribution in [-0.4, -0.2) is 25.8 Å². The first kappa shape index (κ1) is 15.9. The van der Waals surface area contributed by atoms with Crippen molar-refractivity contribution in [2.45, 2.75) is 12.5 Å². The van der Waals surface area contributed by atoms with Gasteiger partial charge in [0, 0.05) is 29.9 Å². The average Bonchev–Trinajstić information content (AvgIpc) is 2.49. The molecule has 2 aromatic rings. The fraction of sp³-hybridized carbons (Fsp3) is 0.294. The third-order valence-electron chi connectivity index (χ3n) is 3.60. The summed E-state index contributed by atoms with van der Waals surface area (Å²) < 4.78 is 1.04. The van der Waals surface area contributed by atoms with Crippen molar-refractivity contribution in [1.29, 1.82) is 0 Å². The summed E-state index contributed by atoms with van der Waals surface area (Å²) >= 11 is 3.43. The highest BCUT2D eigenvalue weighted by atomic mass is 79.9. The standard InChI is InChI=1S/C17H21BrN2O/c1-17(12-21,19-15-8-6-14(18)7-9-15)13-4-10-16(11-5-13)20(2)3/h4-11,19,21H,12H2,1-3H3. The lowest BCUT2D eigenvalue weighted by Crippen LogP contribution is -2.35. The van der Waals surface area contributed by atoms with Crippen LogP contribution in [0.25, 0.3) is 0 Å². The second kappa shape index (κ2) is 6.50. The van der Waals surface area contributed by atoms with Crippen LogP contribution >= 0.6 is 15.9 Å². The van der Waals surface area contributed by atoms with Crippen molar-refractivity contribution in [3.05, 3.63) is 58.6 Å². The number of anilines is 2. The number of hydrogen-bond acceptors (Lipinski definition) is 3. The maximum absolute atomic E-state index is 9.85. The number of rotatable bonds is 5. The Morgan fingerprint density at radius 1 is 1.05 bits per heavy atom. The number of nitrogens with one attached hydrogen (secondary N) is 1. The SMILES string of the molecule is CN(C)c1ccc(C(C)(CO)Nc2ccc(Br)cc2)cc1. The molecule has 0 aliphatic carbocycles. The number of nitrogens with zero attached hydrogens (tertiary/aromatic N) is 1. The lowest BCUT2D eigenvalue weighted by atomic mass is 9.92. The molecule has 0 aliphatic rings. The molecular formula is C17H21BrN2O. The van der Waals surface area contributed by atoms with Crippen LogP contribution in [0.15, 0.2) is 53.0 Å². The molecule has 21 heavy (non-hydrogen) atoms. The van der Waals surface area contributed by atoms with Crippen molar-refractivity contribution in [2.75, 3.05) is 30.9 Å². The minimum atomic E-state index is -0.515. The highest BCUT2D eigenvalue weighted by Gasteiger charge is 2.25. The maximum Gasteiger partial charge on any atom is 0.0828 e. The van der Waals surface area contributed by atoms with E-state index in [4.69, 9.17) is 0 Å². The summed E-state index contributed by atoms with van der Waals surface area (Å²) in [5.41, 5.74) is 2.66. The molecule has 4 heteroatoms. The quantitative estimate of drug-likeness (QED) is 0.861. The molecule has 1 atom stereocenters. The summed E-state index contributed by atoms with van der Waals surface area (Å²) in [5.74, 6) is 0. The zero-order chi connectivity index (χ0) is 15.5. The lowest BCUT2D eigenvalue weighted by Gasteiger charge is -2.31. The van der Waals surface area contributed by atoms with Gasteiger partial charge in [0.1, 0.15) is 0 Å². The third kappa shape index (κ3) is 3.77. The minimum Gasteiger partial charge on any atom is -0.394 e. The summed E-state index contributed by atoms with van der Waals surface area (Å²) in [7, 11) is 4.03. The maximum atomic E-state index is 9.85. The summed E-state index contributed by atoms with van der Waals surface area (Å²) in [6.45, 7) is 2.02. The Balaban J connectivity index is 2.25. The fourth-order valence-electron chi connectivity index (χ4n) is 2.18. The Hall–Kier alpha value is -1.52. The predicted octanol–water partition coefficient (Wildman–Crippen LogP) is 3.83. The zero-order valence-electron chi connectivity index (χ0n) is 12.6. The number of aliphatic hydroxyl groups is 1. The van der Waals surface area contributed by atoms with Crippen LogP contribution < -0.4 is 10.2 Å². The highest BCUT2D eigenvalue weighted by Crippen LogP contribution is 2.28. The van der Waals surface area contributed by atoms with Crippen molar-refractivity contribution < 1.29 is 5.11 Å². The Morgan fingerprint density at radius 3 is 2.10 bits per heavy atom. The molecule has 2 aromatic carbocycles. The molecule has 3 nitrogen and oxygen atoms in total. The van der Waals surface area contributed by atoms with Crippen molar-refractivity contribution in [1.82, 2.24) is 0 Å². The van der Waals surface area contributed by atoms with Gasteiger partial charge in [0.25, 0.3) is 0 Å². The number of benzene rings is 2. The van der Waals surface area contributed by atoms with E-state index in [-0.39, 0.29) is 6.61 Å². The van der Waals surface area contributed by atoms with E-state index in [0.29, 0.717) is 0 Å². The van der Waals surface area contributed by atoms with E-state index in [1.54, 1.807) is 0 Å². The van der Waals surface area contributed by atoms with Gasteiger partial charge in [0.15, 0.2) is 0 Å². The van der Waals surface area contributed by atoms with Gasteiger partial charge < -0.3 is 15.3 Å². The van der Waals surface area contributed by atoms with Gasteiger partial charge in [-0.1, -0.05) is 28.1 Å². The van der Waals surface area contributed by atoms with Crippen LogP contribution in [0.5, 0.6) is 0 Å². The molecular weight excluding hydrogens is 328 g/mol. The van der Waals surface area contributed by atoms with Crippen molar-refractivity contribution in [3.8, 4) is 0 Å². The molecule has 0 aliphatic heterocycles. The molecule has 0 saturated heterocycles. The van der Waals surface area contributed by atoms with E-state index < -0.39 is 5.54 Å². The second-order valence-corrected chi connectivity index (χ2v) is 6.48. The fourth-order valence-corrected chi connectivity index (χ4v) is 2.45. The third-order valence-corrected chi connectivity index (χ3v) is 4.13. The molecule has 0 fully saturated rings. The lowest BCUT2D eigenvalue weighted by molar-refractivity contribution is 0.224. The molecule has 0 aromatic heterocycles. The van der Waals surface area contributed by atoms with Gasteiger partial charge in [0.05, 0.1) is 12.1 Å². The van der Waals surface area contributed by atoms with Gasteiger partial charge in [-0.3, -0.25) is 0 Å². The molecule has 0 radical (unpaired) electrons. The van der Waals surface area contributed by atoms with Gasteiger partial charge in [-0.05, 0) is 48.9 Å². The predicted molar refractivity (Wildman–Crippen MR) is 93.0 cm³/mol. The molecule has 0 spiro atoms. The Kier molecular flexibility index (Phi) is 4.91. The average molecular weight is 349 g/mol.